The third-order valence-corrected chi connectivity index (χ3v) is 9.89. The maximum absolute atomic E-state index is 12.4. The minimum atomic E-state index is -1.31. The molecule has 0 radical (unpaired) electrons. The van der Waals surface area contributed by atoms with Crippen LogP contribution in [0.2, 0.25) is 0 Å². The molecule has 0 aromatic heterocycles. The van der Waals surface area contributed by atoms with Crippen LogP contribution in [0.15, 0.2) is 91.0 Å². The summed E-state index contributed by atoms with van der Waals surface area (Å²) in [6, 6.07) is 30.0. The molecule has 4 unspecified atom stereocenters. The number of benzene rings is 3. The molecule has 3 nitrogen and oxygen atoms in total. The Balaban J connectivity index is 1.82. The minimum absolute atomic E-state index is 0.0506. The van der Waals surface area contributed by atoms with Gasteiger partial charge in [0, 0.05) is 0 Å². The van der Waals surface area contributed by atoms with Gasteiger partial charge in [-0.05, 0) is 35.4 Å². The predicted molar refractivity (Wildman–Crippen MR) is 191 cm³/mol. The molecule has 0 aliphatic carbocycles. The molecule has 3 heteroatoms. The Morgan fingerprint density at radius 3 is 1.07 bits per heavy atom. The summed E-state index contributed by atoms with van der Waals surface area (Å²) in [6.07, 6.45) is 16.7. The minimum Gasteiger partial charge on any atom is -0.390 e. The molecule has 0 bridgehead atoms. The molecule has 0 aliphatic heterocycles. The van der Waals surface area contributed by atoms with E-state index >= 15 is 0 Å². The van der Waals surface area contributed by atoms with Crippen molar-refractivity contribution in [3.05, 3.63) is 108 Å². The molecular formula is C42H62O3. The summed E-state index contributed by atoms with van der Waals surface area (Å²) in [5.41, 5.74) is 1.64. The van der Waals surface area contributed by atoms with Gasteiger partial charge < -0.3 is 15.3 Å². The van der Waals surface area contributed by atoms with E-state index in [0.29, 0.717) is 0 Å². The van der Waals surface area contributed by atoms with E-state index in [1.807, 2.05) is 91.0 Å². The van der Waals surface area contributed by atoms with E-state index in [1.165, 1.54) is 70.6 Å². The molecule has 3 aromatic carbocycles. The van der Waals surface area contributed by atoms with Crippen LogP contribution >= 0.6 is 0 Å². The number of aliphatic hydroxyl groups is 3. The quantitative estimate of drug-likeness (QED) is 0.0695. The summed E-state index contributed by atoms with van der Waals surface area (Å²) in [4.78, 5) is 0. The molecule has 0 aliphatic rings. The summed E-state index contributed by atoms with van der Waals surface area (Å²) in [7, 11) is 0. The Bertz CT molecular complexity index is 1020. The van der Waals surface area contributed by atoms with E-state index in [2.05, 4.69) is 13.8 Å². The van der Waals surface area contributed by atoms with E-state index in [9.17, 15) is 15.3 Å². The fourth-order valence-corrected chi connectivity index (χ4v) is 7.23. The Hall–Kier alpha value is -2.46. The van der Waals surface area contributed by atoms with E-state index in [4.69, 9.17) is 0 Å². The Morgan fingerprint density at radius 1 is 0.422 bits per heavy atom. The molecule has 0 saturated carbocycles. The lowest BCUT2D eigenvalue weighted by molar-refractivity contribution is -0.0983. The van der Waals surface area contributed by atoms with Crippen LogP contribution in [0.25, 0.3) is 0 Å². The number of hydrogen-bond donors (Lipinski definition) is 3. The van der Waals surface area contributed by atoms with Gasteiger partial charge >= 0.3 is 0 Å². The van der Waals surface area contributed by atoms with Gasteiger partial charge in [-0.1, -0.05) is 201 Å². The number of unbranched alkanes of at least 4 members (excludes halogenated alkanes) is 13. The molecule has 4 atom stereocenters. The largest absolute Gasteiger partial charge is 0.390 e. The lowest BCUT2D eigenvalue weighted by atomic mass is 9.63. The van der Waals surface area contributed by atoms with Crippen molar-refractivity contribution in [2.24, 2.45) is 5.92 Å². The number of hydrogen-bond acceptors (Lipinski definition) is 3. The van der Waals surface area contributed by atoms with Gasteiger partial charge in [-0.15, -0.1) is 0 Å². The fourth-order valence-electron chi connectivity index (χ4n) is 7.23. The number of rotatable bonds is 24. The maximum Gasteiger partial charge on any atom is 0.107 e. The fraction of sp³-hybridized carbons (Fsp3) is 0.571. The van der Waals surface area contributed by atoms with Crippen molar-refractivity contribution >= 4 is 0 Å². The van der Waals surface area contributed by atoms with Gasteiger partial charge in [-0.3, -0.25) is 0 Å². The van der Waals surface area contributed by atoms with Crippen molar-refractivity contribution in [2.45, 2.75) is 147 Å². The SMILES string of the molecule is CCCCCCCCCCCC(CCCCCCCC)C(O)C(O)C(O)C(c1ccccc1)(c1ccccc1)c1ccccc1. The Kier molecular flexibility index (Phi) is 17.6. The van der Waals surface area contributed by atoms with E-state index in [1.54, 1.807) is 0 Å². The van der Waals surface area contributed by atoms with Gasteiger partial charge in [0.25, 0.3) is 0 Å². The maximum atomic E-state index is 12.4. The highest BCUT2D eigenvalue weighted by Crippen LogP contribution is 2.44. The molecule has 45 heavy (non-hydrogen) atoms. The highest BCUT2D eigenvalue weighted by atomic mass is 16.4. The van der Waals surface area contributed by atoms with Crippen molar-refractivity contribution in [2.75, 3.05) is 0 Å². The van der Waals surface area contributed by atoms with Gasteiger partial charge in [0.05, 0.1) is 11.5 Å². The first-order valence-electron chi connectivity index (χ1n) is 18.3. The van der Waals surface area contributed by atoms with Crippen molar-refractivity contribution < 1.29 is 15.3 Å². The van der Waals surface area contributed by atoms with Crippen molar-refractivity contribution in [1.82, 2.24) is 0 Å². The molecule has 3 aromatic rings. The van der Waals surface area contributed by atoms with Crippen molar-refractivity contribution in [1.29, 1.82) is 0 Å². The average Bonchev–Trinajstić information content (AvgIpc) is 3.09. The second-order valence-corrected chi connectivity index (χ2v) is 13.3. The smallest absolute Gasteiger partial charge is 0.107 e. The van der Waals surface area contributed by atoms with Gasteiger partial charge in [0.1, 0.15) is 12.2 Å². The lowest BCUT2D eigenvalue weighted by Gasteiger charge is -2.44. The zero-order chi connectivity index (χ0) is 32.2. The summed E-state index contributed by atoms with van der Waals surface area (Å²) >= 11 is 0. The summed E-state index contributed by atoms with van der Waals surface area (Å²) in [5.74, 6) is -0.0506. The third-order valence-electron chi connectivity index (χ3n) is 9.89. The molecule has 0 saturated heterocycles. The number of aliphatic hydroxyl groups excluding tert-OH is 3. The van der Waals surface area contributed by atoms with Crippen molar-refractivity contribution in [3.8, 4) is 0 Å². The van der Waals surface area contributed by atoms with Crippen LogP contribution in [0.1, 0.15) is 140 Å². The van der Waals surface area contributed by atoms with Crippen LogP contribution in [0.3, 0.4) is 0 Å². The summed E-state index contributed by atoms with van der Waals surface area (Å²) in [5, 5.41) is 36.3. The molecule has 248 valence electrons. The van der Waals surface area contributed by atoms with E-state index < -0.39 is 23.7 Å². The Labute approximate surface area is 275 Å². The van der Waals surface area contributed by atoms with Crippen LogP contribution in [0.4, 0.5) is 0 Å². The molecule has 0 amide bonds. The normalized spacial score (nSPS) is 14.6. The lowest BCUT2D eigenvalue weighted by Crippen LogP contribution is -2.53. The highest BCUT2D eigenvalue weighted by Gasteiger charge is 2.48. The Morgan fingerprint density at radius 2 is 0.733 bits per heavy atom. The molecule has 3 rings (SSSR count). The summed E-state index contributed by atoms with van der Waals surface area (Å²) < 4.78 is 0. The zero-order valence-corrected chi connectivity index (χ0v) is 28.3. The van der Waals surface area contributed by atoms with Crippen LogP contribution in [-0.4, -0.2) is 33.6 Å². The second kappa shape index (κ2) is 21.4. The molecular weight excluding hydrogens is 552 g/mol. The van der Waals surface area contributed by atoms with Gasteiger partial charge in [0.2, 0.25) is 0 Å². The van der Waals surface area contributed by atoms with Crippen LogP contribution in [0, 0.1) is 5.92 Å². The average molecular weight is 615 g/mol. The predicted octanol–water partition coefficient (Wildman–Crippen LogP) is 10.4. The summed E-state index contributed by atoms with van der Waals surface area (Å²) in [6.45, 7) is 4.50. The third kappa shape index (κ3) is 11.1. The van der Waals surface area contributed by atoms with Crippen LogP contribution < -0.4 is 0 Å². The molecule has 0 spiro atoms. The zero-order valence-electron chi connectivity index (χ0n) is 28.3. The first kappa shape index (κ1) is 37.0. The van der Waals surface area contributed by atoms with Crippen LogP contribution in [0.5, 0.6) is 0 Å². The molecule has 3 N–H and O–H groups in total. The standard InChI is InChI=1S/C42H62O3/c1-3-5-7-9-11-12-13-15-20-28-35(27-19-14-10-8-6-4-2)39(43)40(44)41(45)42(36-29-21-16-22-30-36,37-31-23-17-24-32-37)38-33-25-18-26-34-38/h16-18,21-26,29-35,39-41,43-45H,3-15,19-20,27-28H2,1-2H3. The van der Waals surface area contributed by atoms with Gasteiger partial charge in [-0.25, -0.2) is 0 Å². The topological polar surface area (TPSA) is 60.7 Å². The van der Waals surface area contributed by atoms with Crippen molar-refractivity contribution in [3.63, 3.8) is 0 Å². The van der Waals surface area contributed by atoms with E-state index in [-0.39, 0.29) is 5.92 Å². The highest BCUT2D eigenvalue weighted by molar-refractivity contribution is 5.52. The van der Waals surface area contributed by atoms with Crippen LogP contribution in [-0.2, 0) is 5.41 Å². The van der Waals surface area contributed by atoms with Gasteiger partial charge in [0.15, 0.2) is 0 Å². The monoisotopic (exact) mass is 614 g/mol. The molecule has 0 heterocycles. The molecule has 0 fully saturated rings. The van der Waals surface area contributed by atoms with Gasteiger partial charge in [-0.2, -0.15) is 0 Å². The first-order chi connectivity index (χ1) is 22.1. The van der Waals surface area contributed by atoms with E-state index in [0.717, 1.165) is 55.2 Å². The first-order valence-corrected chi connectivity index (χ1v) is 18.3. The second-order valence-electron chi connectivity index (χ2n) is 13.3.